The number of nitrogens with zero attached hydrogens (tertiary/aromatic N) is 2. The fourth-order valence-electron chi connectivity index (χ4n) is 1.58. The Kier molecular flexibility index (Phi) is 4.40. The van der Waals surface area contributed by atoms with Crippen LogP contribution in [0.4, 0.5) is 13.2 Å². The van der Waals surface area contributed by atoms with Crippen molar-refractivity contribution in [2.24, 2.45) is 0 Å². The van der Waals surface area contributed by atoms with Gasteiger partial charge in [0.25, 0.3) is 0 Å². The molecular formula is C10H15F3N2. The van der Waals surface area contributed by atoms with Crippen molar-refractivity contribution in [2.45, 2.75) is 44.3 Å². The van der Waals surface area contributed by atoms with Crippen LogP contribution in [-0.2, 0) is 0 Å². The molecule has 1 aliphatic carbocycles. The third kappa shape index (κ3) is 5.63. The van der Waals surface area contributed by atoms with Crippen molar-refractivity contribution in [1.29, 1.82) is 5.26 Å². The molecule has 15 heavy (non-hydrogen) atoms. The summed E-state index contributed by atoms with van der Waals surface area (Å²) in [7, 11) is 0. The molecule has 0 aromatic heterocycles. The Morgan fingerprint density at radius 1 is 1.27 bits per heavy atom. The predicted molar refractivity (Wildman–Crippen MR) is 50.1 cm³/mol. The highest BCUT2D eigenvalue weighted by atomic mass is 19.4. The maximum Gasteiger partial charge on any atom is 0.401 e. The summed E-state index contributed by atoms with van der Waals surface area (Å²) < 4.78 is 36.5. The first-order valence-corrected chi connectivity index (χ1v) is 5.20. The molecule has 0 amide bonds. The lowest BCUT2D eigenvalue weighted by molar-refractivity contribution is -0.147. The Labute approximate surface area is 87.7 Å². The van der Waals surface area contributed by atoms with Crippen molar-refractivity contribution in [3.05, 3.63) is 0 Å². The van der Waals surface area contributed by atoms with Crippen molar-refractivity contribution < 1.29 is 13.2 Å². The second kappa shape index (κ2) is 5.36. The predicted octanol–water partition coefficient (Wildman–Crippen LogP) is 2.71. The monoisotopic (exact) mass is 220 g/mol. The summed E-state index contributed by atoms with van der Waals surface area (Å²) in [6, 6.07) is 2.13. The molecule has 0 saturated heterocycles. The van der Waals surface area contributed by atoms with Gasteiger partial charge in [0.1, 0.15) is 0 Å². The van der Waals surface area contributed by atoms with Crippen molar-refractivity contribution in [3.63, 3.8) is 0 Å². The zero-order valence-corrected chi connectivity index (χ0v) is 8.56. The molecule has 1 rings (SSSR count). The number of rotatable bonds is 6. The fourth-order valence-corrected chi connectivity index (χ4v) is 1.58. The van der Waals surface area contributed by atoms with Crippen LogP contribution in [0.5, 0.6) is 0 Å². The molecule has 0 aromatic carbocycles. The van der Waals surface area contributed by atoms with Gasteiger partial charge in [-0.05, 0) is 32.2 Å². The summed E-state index contributed by atoms with van der Waals surface area (Å²) in [6.07, 6.45) is -0.525. The molecule has 86 valence electrons. The van der Waals surface area contributed by atoms with Crippen molar-refractivity contribution >= 4 is 0 Å². The minimum Gasteiger partial charge on any atom is -0.292 e. The number of hydrogen-bond acceptors (Lipinski definition) is 2. The van der Waals surface area contributed by atoms with Gasteiger partial charge < -0.3 is 0 Å². The Morgan fingerprint density at radius 3 is 2.40 bits per heavy atom. The van der Waals surface area contributed by atoms with E-state index >= 15 is 0 Å². The average Bonchev–Trinajstić information content (AvgIpc) is 2.91. The van der Waals surface area contributed by atoms with Crippen molar-refractivity contribution in [3.8, 4) is 6.07 Å². The van der Waals surface area contributed by atoms with E-state index in [0.717, 1.165) is 12.8 Å². The lowest BCUT2D eigenvalue weighted by Gasteiger charge is -2.22. The number of nitriles is 1. The van der Waals surface area contributed by atoms with Crippen LogP contribution in [0.1, 0.15) is 32.1 Å². The molecule has 0 atom stereocenters. The molecule has 2 nitrogen and oxygen atoms in total. The molecule has 0 N–H and O–H groups in total. The zero-order valence-electron chi connectivity index (χ0n) is 8.56. The molecule has 5 heteroatoms. The quantitative estimate of drug-likeness (QED) is 0.643. The van der Waals surface area contributed by atoms with Crippen LogP contribution >= 0.6 is 0 Å². The van der Waals surface area contributed by atoms with Gasteiger partial charge in [0.2, 0.25) is 0 Å². The van der Waals surface area contributed by atoms with Gasteiger partial charge in [0.15, 0.2) is 0 Å². The molecule has 0 spiro atoms. The summed E-state index contributed by atoms with van der Waals surface area (Å²) in [4.78, 5) is 1.50. The maximum atomic E-state index is 12.2. The van der Waals surface area contributed by atoms with Gasteiger partial charge in [-0.25, -0.2) is 0 Å². The third-order valence-corrected chi connectivity index (χ3v) is 2.43. The molecule has 0 heterocycles. The summed E-state index contributed by atoms with van der Waals surface area (Å²) in [5.74, 6) is 0. The molecule has 0 radical (unpaired) electrons. The average molecular weight is 220 g/mol. The Bertz CT molecular complexity index is 228. The third-order valence-electron chi connectivity index (χ3n) is 2.43. The molecule has 1 saturated carbocycles. The number of halogens is 3. The van der Waals surface area contributed by atoms with Crippen LogP contribution in [0.3, 0.4) is 0 Å². The Morgan fingerprint density at radius 2 is 1.93 bits per heavy atom. The van der Waals surface area contributed by atoms with Crippen molar-refractivity contribution in [2.75, 3.05) is 13.1 Å². The normalized spacial score (nSPS) is 16.7. The van der Waals surface area contributed by atoms with Gasteiger partial charge in [0, 0.05) is 12.5 Å². The lowest BCUT2D eigenvalue weighted by Crippen LogP contribution is -2.36. The van der Waals surface area contributed by atoms with E-state index in [0.29, 0.717) is 25.8 Å². The van der Waals surface area contributed by atoms with E-state index in [1.54, 1.807) is 0 Å². The smallest absolute Gasteiger partial charge is 0.292 e. The fraction of sp³-hybridized carbons (Fsp3) is 0.900. The van der Waals surface area contributed by atoms with Crippen LogP contribution < -0.4 is 0 Å². The van der Waals surface area contributed by atoms with E-state index in [4.69, 9.17) is 5.26 Å². The molecule has 1 aliphatic rings. The first kappa shape index (κ1) is 12.3. The number of unbranched alkanes of at least 4 members (excludes halogenated alkanes) is 2. The highest BCUT2D eigenvalue weighted by Crippen LogP contribution is 2.30. The summed E-state index contributed by atoms with van der Waals surface area (Å²) in [5.41, 5.74) is 0. The standard InChI is InChI=1S/C10H15F3N2/c11-10(12,13)8-15(9-4-5-9)7-3-1-2-6-14/h9H,1-5,7-8H2. The highest BCUT2D eigenvalue weighted by Gasteiger charge is 2.37. The van der Waals surface area contributed by atoms with Gasteiger partial charge in [-0.1, -0.05) is 0 Å². The minimum atomic E-state index is -4.10. The second-order valence-electron chi connectivity index (χ2n) is 3.93. The van der Waals surface area contributed by atoms with E-state index in [2.05, 4.69) is 0 Å². The second-order valence-corrected chi connectivity index (χ2v) is 3.93. The summed E-state index contributed by atoms with van der Waals surface area (Å²) >= 11 is 0. The van der Waals surface area contributed by atoms with E-state index in [-0.39, 0.29) is 6.04 Å². The first-order valence-electron chi connectivity index (χ1n) is 5.20. The SMILES string of the molecule is N#CCCCCN(CC(F)(F)F)C1CC1. The summed E-state index contributed by atoms with van der Waals surface area (Å²) in [6.45, 7) is -0.337. The molecule has 0 aromatic rings. The van der Waals surface area contributed by atoms with Crippen LogP contribution in [0.25, 0.3) is 0 Å². The van der Waals surface area contributed by atoms with E-state index in [1.807, 2.05) is 6.07 Å². The molecule has 0 bridgehead atoms. The van der Waals surface area contributed by atoms with Crippen LogP contribution in [0.15, 0.2) is 0 Å². The van der Waals surface area contributed by atoms with Gasteiger partial charge in [-0.2, -0.15) is 18.4 Å². The topological polar surface area (TPSA) is 27.0 Å². The van der Waals surface area contributed by atoms with Crippen LogP contribution in [0.2, 0.25) is 0 Å². The molecule has 0 aliphatic heterocycles. The largest absolute Gasteiger partial charge is 0.401 e. The molecule has 0 unspecified atom stereocenters. The van der Waals surface area contributed by atoms with E-state index in [9.17, 15) is 13.2 Å². The van der Waals surface area contributed by atoms with E-state index in [1.165, 1.54) is 4.90 Å². The maximum absolute atomic E-state index is 12.2. The van der Waals surface area contributed by atoms with Gasteiger partial charge in [0.05, 0.1) is 12.6 Å². The van der Waals surface area contributed by atoms with E-state index < -0.39 is 12.7 Å². The van der Waals surface area contributed by atoms with Gasteiger partial charge in [-0.15, -0.1) is 0 Å². The molecular weight excluding hydrogens is 205 g/mol. The first-order chi connectivity index (χ1) is 7.03. The number of alkyl halides is 3. The lowest BCUT2D eigenvalue weighted by atomic mass is 10.2. The zero-order chi connectivity index (χ0) is 11.3. The van der Waals surface area contributed by atoms with Gasteiger partial charge in [-0.3, -0.25) is 4.90 Å². The summed E-state index contributed by atoms with van der Waals surface area (Å²) in [5, 5.41) is 8.30. The highest BCUT2D eigenvalue weighted by molar-refractivity contribution is 4.85. The Balaban J connectivity index is 2.22. The van der Waals surface area contributed by atoms with Crippen molar-refractivity contribution in [1.82, 2.24) is 4.90 Å². The van der Waals surface area contributed by atoms with Crippen LogP contribution in [0, 0.1) is 11.3 Å². The Hall–Kier alpha value is -0.760. The minimum absolute atomic E-state index is 0.133. The van der Waals surface area contributed by atoms with Gasteiger partial charge >= 0.3 is 6.18 Å². The molecule has 1 fully saturated rings. The number of hydrogen-bond donors (Lipinski definition) is 0. The van der Waals surface area contributed by atoms with Crippen LogP contribution in [-0.4, -0.2) is 30.2 Å².